The molecule has 3 aliphatic rings. The molecule has 3 fully saturated rings. The van der Waals surface area contributed by atoms with Crippen molar-refractivity contribution in [3.8, 4) is 0 Å². The lowest BCUT2D eigenvalue weighted by Crippen LogP contribution is -2.44. The zero-order chi connectivity index (χ0) is 19.0. The van der Waals surface area contributed by atoms with Gasteiger partial charge in [-0.3, -0.25) is 14.6 Å². The van der Waals surface area contributed by atoms with Gasteiger partial charge in [-0.25, -0.2) is 0 Å². The molecule has 1 amide bonds. The van der Waals surface area contributed by atoms with Crippen LogP contribution in [0.1, 0.15) is 24.0 Å². The Labute approximate surface area is 162 Å². The lowest BCUT2D eigenvalue weighted by molar-refractivity contribution is -0.130. The highest BCUT2D eigenvalue weighted by Gasteiger charge is 2.35. The minimum absolute atomic E-state index is 0.216. The molecule has 2 aromatic rings. The first-order valence-corrected chi connectivity index (χ1v) is 10.1. The summed E-state index contributed by atoms with van der Waals surface area (Å²) in [4.78, 5) is 19.0. The quantitative estimate of drug-likeness (QED) is 0.833. The van der Waals surface area contributed by atoms with Gasteiger partial charge in [0.05, 0.1) is 6.54 Å². The molecular weight excluding hydrogens is 334 g/mol. The second-order valence-electron chi connectivity index (χ2n) is 8.59. The smallest absolute Gasteiger partial charge is 0.236 e. The summed E-state index contributed by atoms with van der Waals surface area (Å²) in [6.07, 6.45) is 2.55. The Morgan fingerprint density at radius 3 is 2.70 bits per heavy atom. The summed E-state index contributed by atoms with van der Waals surface area (Å²) in [5.74, 6) is 0.891. The van der Waals surface area contributed by atoms with Crippen molar-refractivity contribution in [2.75, 3.05) is 40.3 Å². The molecule has 0 N–H and O–H groups in total. The van der Waals surface area contributed by atoms with E-state index in [1.54, 1.807) is 4.90 Å². The van der Waals surface area contributed by atoms with Crippen molar-refractivity contribution in [2.24, 2.45) is 5.92 Å². The molecule has 27 heavy (non-hydrogen) atoms. The van der Waals surface area contributed by atoms with Gasteiger partial charge in [0.15, 0.2) is 0 Å². The highest BCUT2D eigenvalue weighted by atomic mass is 16.2. The highest BCUT2D eigenvalue weighted by Crippen LogP contribution is 2.31. The number of hydrogen-bond donors (Lipinski definition) is 0. The standard InChI is InChI=1S/C23H31N3O/c1-17-8-10-19-6-4-5-7-21(19)22(17)15-26-13-18-9-11-20(26)14-25(12-18)16-23(27)24(2)3/h4-8,10,18,20H,9,11-16H2,1-3H3/t18-,20+/m1/s1. The van der Waals surface area contributed by atoms with E-state index in [0.717, 1.165) is 26.2 Å². The Morgan fingerprint density at radius 2 is 1.89 bits per heavy atom. The number of carbonyl (C=O) groups excluding carboxylic acids is 1. The van der Waals surface area contributed by atoms with Gasteiger partial charge in [0.25, 0.3) is 0 Å². The summed E-state index contributed by atoms with van der Waals surface area (Å²) in [5, 5.41) is 2.72. The molecule has 0 aromatic heterocycles. The molecule has 144 valence electrons. The SMILES string of the molecule is Cc1ccc2ccccc2c1CN1C[C@@H]2CC[C@H]1CN(CC(=O)N(C)C)C2. The first kappa shape index (κ1) is 18.5. The third kappa shape index (κ3) is 3.87. The zero-order valence-corrected chi connectivity index (χ0v) is 16.8. The van der Waals surface area contributed by atoms with E-state index < -0.39 is 0 Å². The van der Waals surface area contributed by atoms with Crippen LogP contribution in [0.25, 0.3) is 10.8 Å². The molecule has 0 radical (unpaired) electrons. The number of piperidine rings is 1. The van der Waals surface area contributed by atoms with Crippen LogP contribution in [0.15, 0.2) is 36.4 Å². The third-order valence-electron chi connectivity index (χ3n) is 6.40. The van der Waals surface area contributed by atoms with Crippen molar-refractivity contribution in [1.29, 1.82) is 0 Å². The topological polar surface area (TPSA) is 26.8 Å². The van der Waals surface area contributed by atoms with Crippen LogP contribution in [0.3, 0.4) is 0 Å². The van der Waals surface area contributed by atoms with Gasteiger partial charge < -0.3 is 4.90 Å². The van der Waals surface area contributed by atoms with Crippen molar-refractivity contribution < 1.29 is 4.79 Å². The van der Waals surface area contributed by atoms with E-state index in [-0.39, 0.29) is 5.91 Å². The second kappa shape index (κ2) is 7.61. The predicted octanol–water partition coefficient (Wildman–Crippen LogP) is 3.13. The summed E-state index contributed by atoms with van der Waals surface area (Å²) in [7, 11) is 3.70. The van der Waals surface area contributed by atoms with Gasteiger partial charge >= 0.3 is 0 Å². The van der Waals surface area contributed by atoms with Crippen LogP contribution in [0.2, 0.25) is 0 Å². The molecule has 2 aromatic carbocycles. The normalized spacial score (nSPS) is 23.5. The monoisotopic (exact) mass is 365 g/mol. The summed E-state index contributed by atoms with van der Waals surface area (Å²) in [6.45, 7) is 7.03. The first-order valence-electron chi connectivity index (χ1n) is 10.1. The van der Waals surface area contributed by atoms with Crippen LogP contribution in [0.4, 0.5) is 0 Å². The van der Waals surface area contributed by atoms with Crippen LogP contribution >= 0.6 is 0 Å². The number of rotatable bonds is 4. The Hall–Kier alpha value is -1.91. The maximum absolute atomic E-state index is 12.2. The molecule has 0 saturated carbocycles. The Balaban J connectivity index is 1.54. The molecular formula is C23H31N3O. The molecule has 3 aliphatic heterocycles. The average molecular weight is 366 g/mol. The predicted molar refractivity (Wildman–Crippen MR) is 111 cm³/mol. The van der Waals surface area contributed by atoms with Crippen LogP contribution in [-0.2, 0) is 11.3 Å². The Kier molecular flexibility index (Phi) is 5.20. The van der Waals surface area contributed by atoms with Crippen LogP contribution in [0.5, 0.6) is 0 Å². The maximum Gasteiger partial charge on any atom is 0.236 e. The van der Waals surface area contributed by atoms with E-state index in [2.05, 4.69) is 53.1 Å². The molecule has 2 atom stereocenters. The molecule has 5 rings (SSSR count). The Morgan fingerprint density at radius 1 is 1.07 bits per heavy atom. The highest BCUT2D eigenvalue weighted by molar-refractivity contribution is 5.86. The number of amides is 1. The largest absolute Gasteiger partial charge is 0.348 e. The first-order chi connectivity index (χ1) is 13.0. The molecule has 4 heteroatoms. The minimum Gasteiger partial charge on any atom is -0.348 e. The average Bonchev–Trinajstić information content (AvgIpc) is 2.94. The number of likely N-dealkylation sites (N-methyl/N-ethyl adjacent to an activating group) is 1. The maximum atomic E-state index is 12.2. The van der Waals surface area contributed by atoms with Gasteiger partial charge in [-0.1, -0.05) is 36.4 Å². The fourth-order valence-electron chi connectivity index (χ4n) is 4.79. The van der Waals surface area contributed by atoms with Crippen LogP contribution in [0, 0.1) is 12.8 Å². The van der Waals surface area contributed by atoms with Crippen LogP contribution < -0.4 is 0 Å². The number of aryl methyl sites for hydroxylation is 1. The summed E-state index contributed by atoms with van der Waals surface area (Å²) < 4.78 is 0. The van der Waals surface area contributed by atoms with Crippen molar-refractivity contribution in [3.05, 3.63) is 47.5 Å². The van der Waals surface area contributed by atoms with Gasteiger partial charge in [-0.05, 0) is 47.6 Å². The number of hydrogen-bond acceptors (Lipinski definition) is 3. The van der Waals surface area contributed by atoms with Gasteiger partial charge in [-0.2, -0.15) is 0 Å². The van der Waals surface area contributed by atoms with E-state index in [9.17, 15) is 4.79 Å². The van der Waals surface area contributed by atoms with Gasteiger partial charge in [0, 0.05) is 46.3 Å². The van der Waals surface area contributed by atoms with E-state index in [1.165, 1.54) is 34.7 Å². The van der Waals surface area contributed by atoms with E-state index in [1.807, 2.05) is 14.1 Å². The lowest BCUT2D eigenvalue weighted by Gasteiger charge is -2.36. The molecule has 4 nitrogen and oxygen atoms in total. The van der Waals surface area contributed by atoms with E-state index in [0.29, 0.717) is 18.5 Å². The van der Waals surface area contributed by atoms with Gasteiger partial charge in [-0.15, -0.1) is 0 Å². The molecule has 0 unspecified atom stereocenters. The summed E-state index contributed by atoms with van der Waals surface area (Å²) in [6, 6.07) is 13.8. The van der Waals surface area contributed by atoms with E-state index >= 15 is 0 Å². The second-order valence-corrected chi connectivity index (χ2v) is 8.59. The zero-order valence-electron chi connectivity index (χ0n) is 16.8. The van der Waals surface area contributed by atoms with E-state index in [4.69, 9.17) is 0 Å². The summed E-state index contributed by atoms with van der Waals surface area (Å²) >= 11 is 0. The fraction of sp³-hybridized carbons (Fsp3) is 0.522. The number of nitrogens with zero attached hydrogens (tertiary/aromatic N) is 3. The van der Waals surface area contributed by atoms with Gasteiger partial charge in [0.2, 0.25) is 5.91 Å². The van der Waals surface area contributed by atoms with Gasteiger partial charge in [0.1, 0.15) is 0 Å². The number of benzene rings is 2. The third-order valence-corrected chi connectivity index (χ3v) is 6.40. The van der Waals surface area contributed by atoms with Crippen molar-refractivity contribution in [1.82, 2.24) is 14.7 Å². The molecule has 2 bridgehead atoms. The number of fused-ring (bicyclic) bond motifs is 5. The lowest BCUT2D eigenvalue weighted by atomic mass is 9.93. The molecule has 0 aliphatic carbocycles. The minimum atomic E-state index is 0.216. The van der Waals surface area contributed by atoms with Crippen molar-refractivity contribution in [2.45, 2.75) is 32.4 Å². The Bertz CT molecular complexity index is 831. The molecule has 0 spiro atoms. The summed E-state index contributed by atoms with van der Waals surface area (Å²) in [5.41, 5.74) is 2.85. The molecule has 3 heterocycles. The van der Waals surface area contributed by atoms with Crippen LogP contribution in [-0.4, -0.2) is 66.9 Å². The molecule has 3 saturated heterocycles. The van der Waals surface area contributed by atoms with Crippen molar-refractivity contribution in [3.63, 3.8) is 0 Å². The fourth-order valence-corrected chi connectivity index (χ4v) is 4.79. The number of carbonyl (C=O) groups is 1. The van der Waals surface area contributed by atoms with Crippen molar-refractivity contribution >= 4 is 16.7 Å².